The molecule has 0 heterocycles. The molecule has 0 aliphatic heterocycles. The van der Waals surface area contributed by atoms with Gasteiger partial charge in [0.05, 0.1) is 0 Å². The number of nitrogens with zero attached hydrogens (tertiary/aromatic N) is 1. The Hall–Kier alpha value is -2.05. The summed E-state index contributed by atoms with van der Waals surface area (Å²) < 4.78 is 6.70. The van der Waals surface area contributed by atoms with E-state index in [4.69, 9.17) is 16.3 Å². The minimum absolute atomic E-state index is 0.164. The molecule has 0 aliphatic rings. The second kappa shape index (κ2) is 11.4. The molecular weight excluding hydrogens is 468 g/mol. The molecule has 0 aliphatic carbocycles. The van der Waals surface area contributed by atoms with Crippen molar-refractivity contribution in [3.63, 3.8) is 0 Å². The Bertz CT molecular complexity index is 864. The fraction of sp³-hybridized carbons (Fsp3) is 0.391. The summed E-state index contributed by atoms with van der Waals surface area (Å²) >= 11 is 9.62. The van der Waals surface area contributed by atoms with Crippen LogP contribution >= 0.6 is 27.5 Å². The van der Waals surface area contributed by atoms with E-state index in [0.29, 0.717) is 23.9 Å². The number of aryl methyl sites for hydroxylation is 2. The maximum atomic E-state index is 13.0. The number of hydrogen-bond donors (Lipinski definition) is 1. The summed E-state index contributed by atoms with van der Waals surface area (Å²) in [5.74, 6) is 0.136. The lowest BCUT2D eigenvalue weighted by atomic mass is 10.1. The van der Waals surface area contributed by atoms with E-state index in [1.54, 1.807) is 24.0 Å². The summed E-state index contributed by atoms with van der Waals surface area (Å²) in [6, 6.07) is 10.7. The number of halogens is 2. The van der Waals surface area contributed by atoms with Crippen molar-refractivity contribution in [1.82, 2.24) is 10.2 Å². The molecule has 2 aromatic carbocycles. The first-order valence-electron chi connectivity index (χ1n) is 9.94. The highest BCUT2D eigenvalue weighted by Crippen LogP contribution is 2.26. The molecule has 2 aromatic rings. The quantitative estimate of drug-likeness (QED) is 0.530. The van der Waals surface area contributed by atoms with E-state index in [1.165, 1.54) is 0 Å². The van der Waals surface area contributed by atoms with Crippen molar-refractivity contribution >= 4 is 39.3 Å². The lowest BCUT2D eigenvalue weighted by molar-refractivity contribution is -0.142. The fourth-order valence-corrected chi connectivity index (χ4v) is 3.36. The highest BCUT2D eigenvalue weighted by atomic mass is 79.9. The third-order valence-corrected chi connectivity index (χ3v) is 5.88. The lowest BCUT2D eigenvalue weighted by Gasteiger charge is -2.28. The van der Waals surface area contributed by atoms with Gasteiger partial charge in [-0.3, -0.25) is 9.59 Å². The van der Waals surface area contributed by atoms with Crippen molar-refractivity contribution in [3.05, 3.63) is 62.6 Å². The first-order chi connectivity index (χ1) is 14.2. The van der Waals surface area contributed by atoms with E-state index < -0.39 is 6.04 Å². The van der Waals surface area contributed by atoms with Crippen LogP contribution in [0.2, 0.25) is 5.02 Å². The number of benzene rings is 2. The second-order valence-electron chi connectivity index (χ2n) is 7.27. The van der Waals surface area contributed by atoms with Crippen molar-refractivity contribution in [2.75, 3.05) is 13.2 Å². The summed E-state index contributed by atoms with van der Waals surface area (Å²) in [7, 11) is 0. The molecule has 162 valence electrons. The highest BCUT2D eigenvalue weighted by molar-refractivity contribution is 9.10. The summed E-state index contributed by atoms with van der Waals surface area (Å²) in [6.45, 7) is 8.23. The van der Waals surface area contributed by atoms with Crippen LogP contribution in [0, 0.1) is 13.8 Å². The van der Waals surface area contributed by atoms with Crippen LogP contribution in [0.3, 0.4) is 0 Å². The maximum Gasteiger partial charge on any atom is 0.261 e. The molecule has 0 spiro atoms. The normalized spacial score (nSPS) is 11.7. The molecule has 0 saturated heterocycles. The largest absolute Gasteiger partial charge is 0.484 e. The monoisotopic (exact) mass is 494 g/mol. The van der Waals surface area contributed by atoms with Gasteiger partial charge in [-0.1, -0.05) is 46.6 Å². The van der Waals surface area contributed by atoms with Gasteiger partial charge in [0, 0.05) is 22.6 Å². The number of ether oxygens (including phenoxy) is 1. The van der Waals surface area contributed by atoms with Gasteiger partial charge in [0.2, 0.25) is 5.91 Å². The van der Waals surface area contributed by atoms with Crippen molar-refractivity contribution in [3.8, 4) is 5.75 Å². The molecule has 0 fully saturated rings. The molecule has 7 heteroatoms. The molecule has 30 heavy (non-hydrogen) atoms. The van der Waals surface area contributed by atoms with Crippen LogP contribution in [0.4, 0.5) is 0 Å². The van der Waals surface area contributed by atoms with Crippen LogP contribution in [0.5, 0.6) is 5.75 Å². The Morgan fingerprint density at radius 2 is 1.77 bits per heavy atom. The van der Waals surface area contributed by atoms with Crippen LogP contribution in [-0.2, 0) is 16.1 Å². The van der Waals surface area contributed by atoms with E-state index in [0.717, 1.165) is 27.6 Å². The number of rotatable bonds is 9. The molecule has 1 N–H and O–H groups in total. The van der Waals surface area contributed by atoms with Crippen molar-refractivity contribution < 1.29 is 14.3 Å². The Labute approximate surface area is 191 Å². The molecule has 0 aromatic heterocycles. The van der Waals surface area contributed by atoms with E-state index in [9.17, 15) is 9.59 Å². The standard InChI is InChI=1S/C23H28BrClN2O3/c1-5-10-26-23(29)17(4)27(13-18-6-8-19(24)9-7-18)21(28)14-30-20-11-15(2)22(25)16(3)12-20/h6-9,11-12,17H,5,10,13-14H2,1-4H3,(H,26,29)/t17-/m1/s1. The Balaban J connectivity index is 2.16. The predicted octanol–water partition coefficient (Wildman–Crippen LogP) is 5.04. The number of carbonyl (C=O) groups excluding carboxylic acids is 2. The second-order valence-corrected chi connectivity index (χ2v) is 8.57. The average Bonchev–Trinajstić information content (AvgIpc) is 2.73. The number of amides is 2. The molecule has 5 nitrogen and oxygen atoms in total. The lowest BCUT2D eigenvalue weighted by Crippen LogP contribution is -2.49. The molecule has 1 atom stereocenters. The number of carbonyl (C=O) groups is 2. The molecule has 0 bridgehead atoms. The van der Waals surface area contributed by atoms with E-state index in [-0.39, 0.29) is 18.4 Å². The van der Waals surface area contributed by atoms with Gasteiger partial charge >= 0.3 is 0 Å². The zero-order valence-electron chi connectivity index (χ0n) is 17.8. The summed E-state index contributed by atoms with van der Waals surface area (Å²) in [4.78, 5) is 27.1. The number of nitrogens with one attached hydrogen (secondary N) is 1. The minimum Gasteiger partial charge on any atom is -0.484 e. The maximum absolute atomic E-state index is 13.0. The molecule has 2 amide bonds. The van der Waals surface area contributed by atoms with Gasteiger partial charge in [0.15, 0.2) is 6.61 Å². The first kappa shape index (κ1) is 24.2. The summed E-state index contributed by atoms with van der Waals surface area (Å²) in [5, 5.41) is 3.55. The zero-order valence-corrected chi connectivity index (χ0v) is 20.1. The van der Waals surface area contributed by atoms with Crippen molar-refractivity contribution in [1.29, 1.82) is 0 Å². The van der Waals surface area contributed by atoms with E-state index >= 15 is 0 Å². The summed E-state index contributed by atoms with van der Waals surface area (Å²) in [6.07, 6.45) is 0.831. The molecule has 0 saturated carbocycles. The zero-order chi connectivity index (χ0) is 22.3. The first-order valence-corrected chi connectivity index (χ1v) is 11.1. The molecular formula is C23H28BrClN2O3. The van der Waals surface area contributed by atoms with Gasteiger partial charge in [0.1, 0.15) is 11.8 Å². The third-order valence-electron chi connectivity index (χ3n) is 4.75. The van der Waals surface area contributed by atoms with Gasteiger partial charge in [-0.2, -0.15) is 0 Å². The fourth-order valence-electron chi connectivity index (χ4n) is 2.98. The minimum atomic E-state index is -0.620. The van der Waals surface area contributed by atoms with Crippen molar-refractivity contribution in [2.24, 2.45) is 0 Å². The van der Waals surface area contributed by atoms with Crippen LogP contribution in [0.15, 0.2) is 40.9 Å². The third kappa shape index (κ3) is 6.74. The van der Waals surface area contributed by atoms with Gasteiger partial charge in [-0.25, -0.2) is 0 Å². The molecule has 0 unspecified atom stereocenters. The van der Waals surface area contributed by atoms with Crippen molar-refractivity contribution in [2.45, 2.75) is 46.7 Å². The van der Waals surface area contributed by atoms with Gasteiger partial charge in [0.25, 0.3) is 5.91 Å². The summed E-state index contributed by atoms with van der Waals surface area (Å²) in [5.41, 5.74) is 2.70. The van der Waals surface area contributed by atoms with Crippen LogP contribution in [-0.4, -0.2) is 35.9 Å². The van der Waals surface area contributed by atoms with Gasteiger partial charge in [-0.15, -0.1) is 0 Å². The van der Waals surface area contributed by atoms with Crippen LogP contribution in [0.1, 0.15) is 37.0 Å². The van der Waals surface area contributed by atoms with Crippen LogP contribution in [0.25, 0.3) is 0 Å². The average molecular weight is 496 g/mol. The Kier molecular flexibility index (Phi) is 9.18. The molecule has 2 rings (SSSR count). The Morgan fingerprint density at radius 3 is 2.33 bits per heavy atom. The molecule has 0 radical (unpaired) electrons. The van der Waals surface area contributed by atoms with Gasteiger partial charge < -0.3 is 15.0 Å². The van der Waals surface area contributed by atoms with Gasteiger partial charge in [-0.05, 0) is 68.1 Å². The SMILES string of the molecule is CCCNC(=O)[C@@H](C)N(Cc1ccc(Br)cc1)C(=O)COc1cc(C)c(Cl)c(C)c1. The number of hydrogen-bond acceptors (Lipinski definition) is 3. The van der Waals surface area contributed by atoms with E-state index in [1.807, 2.05) is 45.0 Å². The van der Waals surface area contributed by atoms with E-state index in [2.05, 4.69) is 21.2 Å². The predicted molar refractivity (Wildman–Crippen MR) is 124 cm³/mol. The smallest absolute Gasteiger partial charge is 0.261 e. The highest BCUT2D eigenvalue weighted by Gasteiger charge is 2.26. The van der Waals surface area contributed by atoms with Crippen LogP contribution < -0.4 is 10.1 Å². The topological polar surface area (TPSA) is 58.6 Å². The Morgan fingerprint density at radius 1 is 1.17 bits per heavy atom.